The number of para-hydroxylation sites is 1. The van der Waals surface area contributed by atoms with Crippen LogP contribution in [0.4, 0.5) is 0 Å². The van der Waals surface area contributed by atoms with Crippen LogP contribution in [-0.2, 0) is 0 Å². The van der Waals surface area contributed by atoms with Crippen LogP contribution in [-0.4, -0.2) is 26.0 Å². The van der Waals surface area contributed by atoms with Gasteiger partial charge in [-0.15, -0.1) is 0 Å². The second kappa shape index (κ2) is 4.98. The molecule has 0 bridgehead atoms. The molecule has 86 valence electrons. The van der Waals surface area contributed by atoms with E-state index in [0.717, 1.165) is 10.9 Å². The van der Waals surface area contributed by atoms with Crippen LogP contribution in [0.1, 0.15) is 10.4 Å². The molecule has 0 saturated heterocycles. The van der Waals surface area contributed by atoms with E-state index >= 15 is 0 Å². The van der Waals surface area contributed by atoms with Gasteiger partial charge in [-0.25, -0.2) is 9.78 Å². The Morgan fingerprint density at radius 2 is 2.12 bits per heavy atom. The van der Waals surface area contributed by atoms with Gasteiger partial charge < -0.3 is 15.1 Å². The first kappa shape index (κ1) is 10.9. The number of aromatic amines is 2. The van der Waals surface area contributed by atoms with Crippen LogP contribution in [0.25, 0.3) is 10.9 Å². The minimum Gasteiger partial charge on any atom is -0.478 e. The minimum atomic E-state index is -0.896. The molecule has 1 aromatic carbocycles. The van der Waals surface area contributed by atoms with Crippen molar-refractivity contribution in [3.63, 3.8) is 0 Å². The molecule has 0 fully saturated rings. The number of nitrogens with zero attached hydrogens (tertiary/aromatic N) is 1. The summed E-state index contributed by atoms with van der Waals surface area (Å²) in [5.41, 5.74) is 1.18. The summed E-state index contributed by atoms with van der Waals surface area (Å²) in [6, 6.07) is 7.32. The average Bonchev–Trinajstić information content (AvgIpc) is 3.02. The van der Waals surface area contributed by atoms with Crippen molar-refractivity contribution in [1.29, 1.82) is 0 Å². The molecule has 0 aliphatic carbocycles. The number of rotatable bonds is 1. The highest BCUT2D eigenvalue weighted by molar-refractivity contribution is 6.02. The summed E-state index contributed by atoms with van der Waals surface area (Å²) >= 11 is 0. The summed E-state index contributed by atoms with van der Waals surface area (Å²) in [4.78, 5) is 20.0. The summed E-state index contributed by atoms with van der Waals surface area (Å²) in [6.07, 6.45) is 6.59. The van der Waals surface area contributed by atoms with E-state index in [2.05, 4.69) is 15.0 Å². The Labute approximate surface area is 97.1 Å². The van der Waals surface area contributed by atoms with Gasteiger partial charge in [0.1, 0.15) is 0 Å². The number of carbonyl (C=O) groups is 1. The molecular weight excluding hydrogens is 218 g/mol. The molecule has 0 spiro atoms. The van der Waals surface area contributed by atoms with Gasteiger partial charge in [0.2, 0.25) is 0 Å². The fourth-order valence-corrected chi connectivity index (χ4v) is 1.46. The van der Waals surface area contributed by atoms with E-state index in [1.54, 1.807) is 24.8 Å². The second-order valence-corrected chi connectivity index (χ2v) is 3.31. The number of aromatic carboxylic acids is 1. The lowest BCUT2D eigenvalue weighted by Crippen LogP contribution is -1.92. The zero-order valence-corrected chi connectivity index (χ0v) is 8.92. The van der Waals surface area contributed by atoms with Crippen molar-refractivity contribution in [3.8, 4) is 0 Å². The third kappa shape index (κ3) is 2.52. The van der Waals surface area contributed by atoms with Crippen LogP contribution < -0.4 is 0 Å². The van der Waals surface area contributed by atoms with Crippen molar-refractivity contribution in [1.82, 2.24) is 15.0 Å². The fourth-order valence-electron chi connectivity index (χ4n) is 1.46. The molecular formula is C12H11N3O2. The Hall–Kier alpha value is -2.56. The number of nitrogens with one attached hydrogen (secondary N) is 2. The predicted molar refractivity (Wildman–Crippen MR) is 63.8 cm³/mol. The van der Waals surface area contributed by atoms with E-state index in [0.29, 0.717) is 5.56 Å². The van der Waals surface area contributed by atoms with Crippen molar-refractivity contribution in [2.45, 2.75) is 0 Å². The maximum absolute atomic E-state index is 10.7. The maximum atomic E-state index is 10.7. The quantitative estimate of drug-likeness (QED) is 0.598. The Kier molecular flexibility index (Phi) is 3.20. The van der Waals surface area contributed by atoms with Crippen molar-refractivity contribution in [2.24, 2.45) is 0 Å². The molecule has 2 aromatic heterocycles. The number of hydrogen-bond acceptors (Lipinski definition) is 2. The van der Waals surface area contributed by atoms with Crippen LogP contribution in [0.15, 0.2) is 49.2 Å². The Morgan fingerprint density at radius 1 is 1.29 bits per heavy atom. The summed E-state index contributed by atoms with van der Waals surface area (Å²) in [6.45, 7) is 0. The molecule has 0 unspecified atom stereocenters. The SMILES string of the molecule is O=C(O)c1c[nH]c2ccccc12.c1c[nH]cn1. The molecule has 17 heavy (non-hydrogen) atoms. The summed E-state index contributed by atoms with van der Waals surface area (Å²) in [5.74, 6) is -0.896. The zero-order valence-electron chi connectivity index (χ0n) is 8.92. The molecule has 0 amide bonds. The summed E-state index contributed by atoms with van der Waals surface area (Å²) in [7, 11) is 0. The zero-order chi connectivity index (χ0) is 12.1. The van der Waals surface area contributed by atoms with Crippen molar-refractivity contribution in [2.75, 3.05) is 0 Å². The number of aromatic nitrogens is 3. The van der Waals surface area contributed by atoms with E-state index in [-0.39, 0.29) is 0 Å². The summed E-state index contributed by atoms with van der Waals surface area (Å²) in [5, 5.41) is 9.51. The molecule has 0 saturated carbocycles. The van der Waals surface area contributed by atoms with Crippen LogP contribution in [0, 0.1) is 0 Å². The van der Waals surface area contributed by atoms with Crippen LogP contribution in [0.5, 0.6) is 0 Å². The molecule has 0 aliphatic heterocycles. The number of imidazole rings is 1. The molecule has 3 rings (SSSR count). The van der Waals surface area contributed by atoms with Gasteiger partial charge in [0.05, 0.1) is 11.9 Å². The van der Waals surface area contributed by atoms with Crippen molar-refractivity contribution in [3.05, 3.63) is 54.7 Å². The number of benzene rings is 1. The minimum absolute atomic E-state index is 0.325. The van der Waals surface area contributed by atoms with E-state index in [1.165, 1.54) is 6.20 Å². The van der Waals surface area contributed by atoms with Gasteiger partial charge >= 0.3 is 5.97 Å². The molecule has 5 heteroatoms. The number of carboxylic acids is 1. The van der Waals surface area contributed by atoms with Gasteiger partial charge in [0, 0.05) is 29.5 Å². The Morgan fingerprint density at radius 3 is 2.71 bits per heavy atom. The smallest absolute Gasteiger partial charge is 0.337 e. The van der Waals surface area contributed by atoms with E-state index in [1.807, 2.05) is 18.2 Å². The van der Waals surface area contributed by atoms with Crippen molar-refractivity contribution >= 4 is 16.9 Å². The monoisotopic (exact) mass is 229 g/mol. The highest BCUT2D eigenvalue weighted by atomic mass is 16.4. The third-order valence-electron chi connectivity index (χ3n) is 2.23. The number of H-pyrrole nitrogens is 2. The van der Waals surface area contributed by atoms with Gasteiger partial charge in [-0.05, 0) is 6.07 Å². The first-order chi connectivity index (χ1) is 8.29. The number of hydrogen-bond donors (Lipinski definition) is 3. The van der Waals surface area contributed by atoms with E-state index < -0.39 is 5.97 Å². The lowest BCUT2D eigenvalue weighted by Gasteiger charge is -1.89. The molecule has 2 heterocycles. The van der Waals surface area contributed by atoms with Gasteiger partial charge in [0.25, 0.3) is 0 Å². The van der Waals surface area contributed by atoms with Crippen LogP contribution in [0.2, 0.25) is 0 Å². The highest BCUT2D eigenvalue weighted by Crippen LogP contribution is 2.16. The fraction of sp³-hybridized carbons (Fsp3) is 0. The molecule has 3 aromatic rings. The lowest BCUT2D eigenvalue weighted by atomic mass is 10.2. The first-order valence-electron chi connectivity index (χ1n) is 5.01. The molecule has 0 radical (unpaired) electrons. The normalized spacial score (nSPS) is 9.65. The van der Waals surface area contributed by atoms with Gasteiger partial charge in [-0.3, -0.25) is 0 Å². The van der Waals surface area contributed by atoms with Crippen LogP contribution in [0.3, 0.4) is 0 Å². The lowest BCUT2D eigenvalue weighted by molar-refractivity contribution is 0.0699. The number of carboxylic acid groups (broad SMARTS) is 1. The molecule has 3 N–H and O–H groups in total. The van der Waals surface area contributed by atoms with Crippen LogP contribution >= 0.6 is 0 Å². The largest absolute Gasteiger partial charge is 0.478 e. The molecule has 5 nitrogen and oxygen atoms in total. The predicted octanol–water partition coefficient (Wildman–Crippen LogP) is 2.28. The summed E-state index contributed by atoms with van der Waals surface area (Å²) < 4.78 is 0. The maximum Gasteiger partial charge on any atom is 0.337 e. The van der Waals surface area contributed by atoms with Gasteiger partial charge in [0.15, 0.2) is 0 Å². The van der Waals surface area contributed by atoms with Gasteiger partial charge in [-0.1, -0.05) is 18.2 Å². The Bertz CT molecular complexity index is 582. The Balaban J connectivity index is 0.000000181. The highest BCUT2D eigenvalue weighted by Gasteiger charge is 2.08. The second-order valence-electron chi connectivity index (χ2n) is 3.31. The standard InChI is InChI=1S/C9H7NO2.C3H4N2/c11-9(12)7-5-10-8-4-2-1-3-6(7)8;1-2-5-3-4-1/h1-5,10H,(H,11,12);1-3H,(H,4,5). The molecule has 0 atom stereocenters. The first-order valence-corrected chi connectivity index (χ1v) is 5.01. The average molecular weight is 229 g/mol. The van der Waals surface area contributed by atoms with Gasteiger partial charge in [-0.2, -0.15) is 0 Å². The topological polar surface area (TPSA) is 81.8 Å². The number of fused-ring (bicyclic) bond motifs is 1. The third-order valence-corrected chi connectivity index (χ3v) is 2.23. The van der Waals surface area contributed by atoms with E-state index in [9.17, 15) is 4.79 Å². The van der Waals surface area contributed by atoms with E-state index in [4.69, 9.17) is 5.11 Å². The van der Waals surface area contributed by atoms with Crippen molar-refractivity contribution < 1.29 is 9.90 Å². The molecule has 0 aliphatic rings.